The minimum Gasteiger partial charge on any atom is -0.486 e. The van der Waals surface area contributed by atoms with Crippen molar-refractivity contribution in [2.24, 2.45) is 0 Å². The number of aromatic nitrogens is 1. The van der Waals surface area contributed by atoms with E-state index in [2.05, 4.69) is 39.1 Å². The van der Waals surface area contributed by atoms with Crippen molar-refractivity contribution < 1.29 is 4.74 Å². The second-order valence-electron chi connectivity index (χ2n) is 4.54. The normalized spacial score (nSPS) is 13.4. The van der Waals surface area contributed by atoms with Gasteiger partial charge in [0.2, 0.25) is 0 Å². The van der Waals surface area contributed by atoms with Gasteiger partial charge in [-0.15, -0.1) is 0 Å². The van der Waals surface area contributed by atoms with Gasteiger partial charge in [-0.25, -0.2) is 4.98 Å². The molecule has 0 atom stereocenters. The molecule has 1 aliphatic carbocycles. The zero-order valence-corrected chi connectivity index (χ0v) is 11.6. The second-order valence-corrected chi connectivity index (χ2v) is 5.29. The largest absolute Gasteiger partial charge is 0.486 e. The van der Waals surface area contributed by atoms with Gasteiger partial charge >= 0.3 is 0 Å². The summed E-state index contributed by atoms with van der Waals surface area (Å²) in [5.74, 6) is 0.790. The number of hydrogen-bond acceptors (Lipinski definition) is 2. The maximum absolute atomic E-state index is 5.77. The number of ether oxygens (including phenoxy) is 1. The van der Waals surface area contributed by atoms with E-state index in [1.54, 1.807) is 6.20 Å². The van der Waals surface area contributed by atoms with Gasteiger partial charge in [-0.2, -0.15) is 0 Å². The fraction of sp³-hybridized carbons (Fsp3) is 0.267. The van der Waals surface area contributed by atoms with Crippen LogP contribution in [0.2, 0.25) is 0 Å². The van der Waals surface area contributed by atoms with Crippen LogP contribution in [0.25, 0.3) is 0 Å². The Bertz CT molecular complexity index is 568. The summed E-state index contributed by atoms with van der Waals surface area (Å²) in [5.41, 5.74) is 4.22. The minimum absolute atomic E-state index is 0.595. The first-order valence-corrected chi connectivity index (χ1v) is 6.96. The van der Waals surface area contributed by atoms with Crippen LogP contribution in [0.4, 0.5) is 0 Å². The topological polar surface area (TPSA) is 22.1 Å². The van der Waals surface area contributed by atoms with E-state index in [0.29, 0.717) is 6.61 Å². The maximum Gasteiger partial charge on any atom is 0.152 e. The molecule has 0 unspecified atom stereocenters. The van der Waals surface area contributed by atoms with Crippen LogP contribution in [0.1, 0.15) is 23.1 Å². The number of pyridine rings is 1. The molecule has 2 nitrogen and oxygen atoms in total. The van der Waals surface area contributed by atoms with Gasteiger partial charge in [0, 0.05) is 6.20 Å². The molecule has 0 amide bonds. The van der Waals surface area contributed by atoms with E-state index in [-0.39, 0.29) is 0 Å². The van der Waals surface area contributed by atoms with Crippen molar-refractivity contribution in [3.8, 4) is 5.75 Å². The molecular weight excluding hydrogens is 290 g/mol. The smallest absolute Gasteiger partial charge is 0.152 e. The van der Waals surface area contributed by atoms with Crippen molar-refractivity contribution in [1.29, 1.82) is 0 Å². The molecule has 1 aromatic carbocycles. The molecule has 18 heavy (non-hydrogen) atoms. The van der Waals surface area contributed by atoms with Crippen LogP contribution in [0.15, 0.2) is 41.1 Å². The lowest BCUT2D eigenvalue weighted by Crippen LogP contribution is -1.97. The Labute approximate surface area is 115 Å². The van der Waals surface area contributed by atoms with Crippen LogP contribution >= 0.6 is 15.9 Å². The van der Waals surface area contributed by atoms with Crippen LogP contribution in [-0.4, -0.2) is 4.98 Å². The number of rotatable bonds is 3. The predicted molar refractivity (Wildman–Crippen MR) is 74.7 cm³/mol. The van der Waals surface area contributed by atoms with Crippen LogP contribution in [0.5, 0.6) is 5.75 Å². The third-order valence-electron chi connectivity index (χ3n) is 3.28. The number of benzene rings is 1. The quantitative estimate of drug-likeness (QED) is 0.802. The average Bonchev–Trinajstić information content (AvgIpc) is 2.85. The molecule has 92 valence electrons. The summed E-state index contributed by atoms with van der Waals surface area (Å²) >= 11 is 3.38. The average molecular weight is 304 g/mol. The highest BCUT2D eigenvalue weighted by Gasteiger charge is 2.11. The minimum atomic E-state index is 0.595. The van der Waals surface area contributed by atoms with Gasteiger partial charge in [0.05, 0.1) is 0 Å². The van der Waals surface area contributed by atoms with E-state index in [1.165, 1.54) is 36.0 Å². The molecule has 0 N–H and O–H groups in total. The number of halogens is 1. The molecule has 0 aliphatic heterocycles. The Hall–Kier alpha value is -1.35. The van der Waals surface area contributed by atoms with Crippen LogP contribution in [0.3, 0.4) is 0 Å². The molecule has 3 heteroatoms. The standard InChI is InChI=1S/C15H14BrNO/c16-15-14(5-2-8-17-15)18-10-11-6-7-12-3-1-4-13(12)9-11/h2,5-9H,1,3-4,10H2. The van der Waals surface area contributed by atoms with Gasteiger partial charge in [0.1, 0.15) is 11.2 Å². The van der Waals surface area contributed by atoms with Crippen molar-refractivity contribution in [2.75, 3.05) is 0 Å². The second kappa shape index (κ2) is 5.11. The van der Waals surface area contributed by atoms with E-state index in [1.807, 2.05) is 12.1 Å². The summed E-state index contributed by atoms with van der Waals surface area (Å²) in [6.45, 7) is 0.595. The van der Waals surface area contributed by atoms with Crippen molar-refractivity contribution >= 4 is 15.9 Å². The van der Waals surface area contributed by atoms with Crippen molar-refractivity contribution in [3.63, 3.8) is 0 Å². The van der Waals surface area contributed by atoms with Gasteiger partial charge < -0.3 is 4.74 Å². The van der Waals surface area contributed by atoms with Gasteiger partial charge in [-0.3, -0.25) is 0 Å². The summed E-state index contributed by atoms with van der Waals surface area (Å²) in [7, 11) is 0. The molecule has 0 spiro atoms. The van der Waals surface area contributed by atoms with Gasteiger partial charge in [0.25, 0.3) is 0 Å². The first kappa shape index (κ1) is 11.7. The maximum atomic E-state index is 5.77. The molecule has 1 aliphatic rings. The Kier molecular flexibility index (Phi) is 3.33. The monoisotopic (exact) mass is 303 g/mol. The summed E-state index contributed by atoms with van der Waals surface area (Å²) in [4.78, 5) is 4.14. The molecule has 1 aromatic heterocycles. The summed E-state index contributed by atoms with van der Waals surface area (Å²) < 4.78 is 6.53. The highest BCUT2D eigenvalue weighted by atomic mass is 79.9. The Morgan fingerprint density at radius 2 is 2.06 bits per heavy atom. The molecule has 0 bridgehead atoms. The summed E-state index contributed by atoms with van der Waals surface area (Å²) in [6, 6.07) is 10.5. The van der Waals surface area contributed by atoms with E-state index in [9.17, 15) is 0 Å². The lowest BCUT2D eigenvalue weighted by Gasteiger charge is -2.08. The van der Waals surface area contributed by atoms with Gasteiger partial charge in [0.15, 0.2) is 5.75 Å². The highest BCUT2D eigenvalue weighted by molar-refractivity contribution is 9.10. The highest BCUT2D eigenvalue weighted by Crippen LogP contribution is 2.25. The number of aryl methyl sites for hydroxylation is 2. The molecular formula is C15H14BrNO. The lowest BCUT2D eigenvalue weighted by atomic mass is 10.1. The number of fused-ring (bicyclic) bond motifs is 1. The van der Waals surface area contributed by atoms with E-state index in [4.69, 9.17) is 4.74 Å². The van der Waals surface area contributed by atoms with Gasteiger partial charge in [-0.05, 0) is 64.0 Å². The lowest BCUT2D eigenvalue weighted by molar-refractivity contribution is 0.302. The molecule has 0 saturated carbocycles. The summed E-state index contributed by atoms with van der Waals surface area (Å²) in [6.07, 6.45) is 5.46. The predicted octanol–water partition coefficient (Wildman–Crippen LogP) is 3.91. The molecule has 0 fully saturated rings. The third-order valence-corrected chi connectivity index (χ3v) is 3.88. The zero-order valence-electron chi connectivity index (χ0n) is 10.0. The molecule has 0 radical (unpaired) electrons. The Balaban J connectivity index is 1.72. The first-order valence-electron chi connectivity index (χ1n) is 6.17. The Morgan fingerprint density at radius 3 is 2.94 bits per heavy atom. The van der Waals surface area contributed by atoms with Crippen LogP contribution < -0.4 is 4.74 Å². The summed E-state index contributed by atoms with van der Waals surface area (Å²) in [5, 5.41) is 0. The van der Waals surface area contributed by atoms with Crippen molar-refractivity contribution in [1.82, 2.24) is 4.98 Å². The number of hydrogen-bond donors (Lipinski definition) is 0. The van der Waals surface area contributed by atoms with E-state index >= 15 is 0 Å². The Morgan fingerprint density at radius 1 is 1.17 bits per heavy atom. The molecule has 2 aromatic rings. The number of nitrogens with zero attached hydrogens (tertiary/aromatic N) is 1. The van der Waals surface area contributed by atoms with Crippen LogP contribution in [0, 0.1) is 0 Å². The van der Waals surface area contributed by atoms with Crippen molar-refractivity contribution in [3.05, 3.63) is 57.8 Å². The first-order chi connectivity index (χ1) is 8.83. The third kappa shape index (κ3) is 2.41. The fourth-order valence-corrected chi connectivity index (χ4v) is 2.72. The zero-order chi connectivity index (χ0) is 12.4. The van der Waals surface area contributed by atoms with E-state index in [0.717, 1.165) is 10.4 Å². The van der Waals surface area contributed by atoms with Crippen LogP contribution in [-0.2, 0) is 19.4 Å². The van der Waals surface area contributed by atoms with E-state index < -0.39 is 0 Å². The molecule has 0 saturated heterocycles. The van der Waals surface area contributed by atoms with Gasteiger partial charge in [-0.1, -0.05) is 18.2 Å². The fourth-order valence-electron chi connectivity index (χ4n) is 2.35. The molecule has 3 rings (SSSR count). The molecule has 1 heterocycles. The van der Waals surface area contributed by atoms with Crippen molar-refractivity contribution in [2.45, 2.75) is 25.9 Å². The SMILES string of the molecule is Brc1ncccc1OCc1ccc2c(c1)CCC2.